The number of nitrogens with one attached hydrogen (secondary N) is 1. The van der Waals surface area contributed by atoms with Gasteiger partial charge in [-0.25, -0.2) is 18.4 Å². The van der Waals surface area contributed by atoms with E-state index in [1.165, 1.54) is 25.3 Å². The Labute approximate surface area is 148 Å². The topological polar surface area (TPSA) is 129 Å². The summed E-state index contributed by atoms with van der Waals surface area (Å²) in [4.78, 5) is 23.6. The summed E-state index contributed by atoms with van der Waals surface area (Å²) in [6.07, 6.45) is 0.366. The van der Waals surface area contributed by atoms with Crippen LogP contribution in [0.5, 0.6) is 0 Å². The smallest absolute Gasteiger partial charge is 0.338 e. The lowest BCUT2D eigenvalue weighted by Crippen LogP contribution is -2.35. The maximum Gasteiger partial charge on any atom is 0.338 e. The number of esters is 1. The van der Waals surface area contributed by atoms with Gasteiger partial charge in [-0.1, -0.05) is 11.6 Å². The van der Waals surface area contributed by atoms with Crippen LogP contribution in [0.15, 0.2) is 45.9 Å². The summed E-state index contributed by atoms with van der Waals surface area (Å²) in [6, 6.07) is 6.83. The summed E-state index contributed by atoms with van der Waals surface area (Å²) in [5.74, 6) is -0.880. The molecule has 0 spiro atoms. The van der Waals surface area contributed by atoms with Crippen LogP contribution < -0.4 is 10.5 Å². The Morgan fingerprint density at radius 3 is 2.68 bits per heavy atom. The normalized spacial score (nSPS) is 12.4. The van der Waals surface area contributed by atoms with Crippen molar-refractivity contribution >= 4 is 33.5 Å². The molecule has 1 atom stereocenters. The monoisotopic (exact) mass is 386 g/mol. The van der Waals surface area contributed by atoms with Gasteiger partial charge in [0.1, 0.15) is 10.7 Å². The number of primary sulfonamides is 1. The first kappa shape index (κ1) is 19.0. The van der Waals surface area contributed by atoms with Gasteiger partial charge in [-0.3, -0.25) is 4.79 Å². The Bertz CT molecular complexity index is 879. The van der Waals surface area contributed by atoms with Crippen molar-refractivity contribution in [1.29, 1.82) is 0 Å². The second-order valence-corrected chi connectivity index (χ2v) is 6.97. The van der Waals surface area contributed by atoms with E-state index in [1.54, 1.807) is 12.1 Å². The van der Waals surface area contributed by atoms with Crippen molar-refractivity contribution in [1.82, 2.24) is 5.32 Å². The third-order valence-electron chi connectivity index (χ3n) is 3.14. The number of halogens is 1. The maximum absolute atomic E-state index is 12.1. The van der Waals surface area contributed by atoms with Gasteiger partial charge in [0.25, 0.3) is 5.91 Å². The lowest BCUT2D eigenvalue weighted by Gasteiger charge is -2.13. The van der Waals surface area contributed by atoms with Crippen LogP contribution in [0.25, 0.3) is 0 Å². The molecular weight excluding hydrogens is 372 g/mol. The second-order valence-electron chi connectivity index (χ2n) is 5.03. The molecule has 0 saturated heterocycles. The Morgan fingerprint density at radius 1 is 1.36 bits per heavy atom. The number of carbonyl (C=O) groups is 2. The first-order valence-electron chi connectivity index (χ1n) is 7.02. The molecule has 1 aromatic heterocycles. The molecule has 8 nitrogen and oxygen atoms in total. The van der Waals surface area contributed by atoms with E-state index in [-0.39, 0.29) is 17.1 Å². The standard InChI is InChI=1S/C15H15ClN2O6S/c1-9(14(19)18-8-11-3-2-6-23-11)24-15(20)10-4-5-12(16)13(7-10)25(17,21)22/h2-7,9H,8H2,1H3,(H,18,19)(H2,17,21,22)/t9-/m0/s1. The molecule has 134 valence electrons. The SMILES string of the molecule is C[C@H](OC(=O)c1ccc(Cl)c(S(N)(=O)=O)c1)C(=O)NCc1ccco1. The van der Waals surface area contributed by atoms with Crippen LogP contribution >= 0.6 is 11.6 Å². The van der Waals surface area contributed by atoms with E-state index in [1.807, 2.05) is 0 Å². The molecule has 2 aromatic rings. The molecule has 2 rings (SSSR count). The summed E-state index contributed by atoms with van der Waals surface area (Å²) >= 11 is 5.75. The van der Waals surface area contributed by atoms with Crippen LogP contribution in [0.1, 0.15) is 23.0 Å². The number of nitrogens with two attached hydrogens (primary N) is 1. The minimum atomic E-state index is -4.10. The molecule has 0 bridgehead atoms. The molecular formula is C15H15ClN2O6S. The molecule has 3 N–H and O–H groups in total. The number of rotatable bonds is 6. The van der Waals surface area contributed by atoms with E-state index in [4.69, 9.17) is 25.9 Å². The van der Waals surface area contributed by atoms with Crippen molar-refractivity contribution in [3.63, 3.8) is 0 Å². The van der Waals surface area contributed by atoms with Crippen molar-refractivity contribution < 1.29 is 27.2 Å². The van der Waals surface area contributed by atoms with Crippen LogP contribution in [0.4, 0.5) is 0 Å². The quantitative estimate of drug-likeness (QED) is 0.723. The van der Waals surface area contributed by atoms with Gasteiger partial charge >= 0.3 is 5.97 Å². The van der Waals surface area contributed by atoms with Crippen molar-refractivity contribution in [2.45, 2.75) is 24.5 Å². The van der Waals surface area contributed by atoms with E-state index in [0.717, 1.165) is 6.07 Å². The maximum atomic E-state index is 12.1. The average molecular weight is 387 g/mol. The molecule has 0 unspecified atom stereocenters. The summed E-state index contributed by atoms with van der Waals surface area (Å²) in [5.41, 5.74) is -0.0980. The van der Waals surface area contributed by atoms with Gasteiger partial charge in [0.2, 0.25) is 10.0 Å². The number of amides is 1. The minimum absolute atomic E-state index is 0.0980. The fourth-order valence-corrected chi connectivity index (χ4v) is 2.93. The molecule has 25 heavy (non-hydrogen) atoms. The summed E-state index contributed by atoms with van der Waals surface area (Å²) in [6.45, 7) is 1.52. The van der Waals surface area contributed by atoms with Gasteiger partial charge in [0.05, 0.1) is 23.4 Å². The molecule has 0 aliphatic carbocycles. The zero-order valence-electron chi connectivity index (χ0n) is 13.1. The highest BCUT2D eigenvalue weighted by Crippen LogP contribution is 2.22. The van der Waals surface area contributed by atoms with Gasteiger partial charge < -0.3 is 14.5 Å². The van der Waals surface area contributed by atoms with Crippen molar-refractivity contribution in [3.05, 3.63) is 52.9 Å². The van der Waals surface area contributed by atoms with E-state index in [0.29, 0.717) is 5.76 Å². The Hall–Kier alpha value is -2.36. The van der Waals surface area contributed by atoms with Crippen LogP contribution in [-0.2, 0) is 26.1 Å². The highest BCUT2D eigenvalue weighted by molar-refractivity contribution is 7.89. The number of hydrogen-bond donors (Lipinski definition) is 2. The van der Waals surface area contributed by atoms with E-state index < -0.39 is 32.9 Å². The third kappa shape index (κ3) is 5.05. The number of furan rings is 1. The number of benzene rings is 1. The predicted octanol–water partition coefficient (Wildman–Crippen LogP) is 1.44. The van der Waals surface area contributed by atoms with Gasteiger partial charge in [-0.05, 0) is 37.3 Å². The Morgan fingerprint density at radius 2 is 2.08 bits per heavy atom. The highest BCUT2D eigenvalue weighted by atomic mass is 35.5. The van der Waals surface area contributed by atoms with Crippen LogP contribution in [0.2, 0.25) is 5.02 Å². The third-order valence-corrected chi connectivity index (χ3v) is 4.54. The van der Waals surface area contributed by atoms with Crippen molar-refractivity contribution in [3.8, 4) is 0 Å². The molecule has 0 aliphatic rings. The minimum Gasteiger partial charge on any atom is -0.467 e. The number of carbonyl (C=O) groups excluding carboxylic acids is 2. The zero-order valence-corrected chi connectivity index (χ0v) is 14.6. The highest BCUT2D eigenvalue weighted by Gasteiger charge is 2.21. The Balaban J connectivity index is 2.02. The summed E-state index contributed by atoms with van der Waals surface area (Å²) in [7, 11) is -4.10. The molecule has 0 saturated carbocycles. The average Bonchev–Trinajstić information content (AvgIpc) is 3.05. The van der Waals surface area contributed by atoms with Gasteiger partial charge in [0, 0.05) is 0 Å². The van der Waals surface area contributed by atoms with E-state index in [9.17, 15) is 18.0 Å². The molecule has 1 amide bonds. The van der Waals surface area contributed by atoms with Gasteiger partial charge in [0.15, 0.2) is 6.10 Å². The summed E-state index contributed by atoms with van der Waals surface area (Å²) in [5, 5.41) is 7.44. The second kappa shape index (κ2) is 7.68. The predicted molar refractivity (Wildman–Crippen MR) is 88.3 cm³/mol. The van der Waals surface area contributed by atoms with Gasteiger partial charge in [-0.15, -0.1) is 0 Å². The summed E-state index contributed by atoms with van der Waals surface area (Å²) < 4.78 is 32.9. The number of ether oxygens (including phenoxy) is 1. The van der Waals surface area contributed by atoms with Gasteiger partial charge in [-0.2, -0.15) is 0 Å². The molecule has 10 heteroatoms. The number of hydrogen-bond acceptors (Lipinski definition) is 6. The fraction of sp³-hybridized carbons (Fsp3) is 0.200. The molecule has 0 fully saturated rings. The number of sulfonamides is 1. The molecule has 1 aromatic carbocycles. The fourth-order valence-electron chi connectivity index (χ4n) is 1.86. The Kier molecular flexibility index (Phi) is 5.83. The van der Waals surface area contributed by atoms with E-state index in [2.05, 4.69) is 5.32 Å². The molecule has 0 radical (unpaired) electrons. The van der Waals surface area contributed by atoms with Crippen molar-refractivity contribution in [2.75, 3.05) is 0 Å². The first-order chi connectivity index (χ1) is 11.7. The molecule has 0 aliphatic heterocycles. The van der Waals surface area contributed by atoms with Crippen LogP contribution in [0.3, 0.4) is 0 Å². The first-order valence-corrected chi connectivity index (χ1v) is 8.94. The zero-order chi connectivity index (χ0) is 18.6. The van der Waals surface area contributed by atoms with E-state index >= 15 is 0 Å². The lowest BCUT2D eigenvalue weighted by atomic mass is 10.2. The lowest BCUT2D eigenvalue weighted by molar-refractivity contribution is -0.129. The largest absolute Gasteiger partial charge is 0.467 e. The van der Waals surface area contributed by atoms with Crippen molar-refractivity contribution in [2.24, 2.45) is 5.14 Å². The van der Waals surface area contributed by atoms with Crippen LogP contribution in [0, 0.1) is 0 Å². The van der Waals surface area contributed by atoms with Crippen LogP contribution in [-0.4, -0.2) is 26.4 Å². The molecule has 1 heterocycles.